The minimum absolute atomic E-state index is 0.491. The Morgan fingerprint density at radius 2 is 1.65 bits per heavy atom. The highest BCUT2D eigenvalue weighted by molar-refractivity contribution is 6.09. The van der Waals surface area contributed by atoms with Gasteiger partial charge in [0.05, 0.1) is 38.8 Å². The van der Waals surface area contributed by atoms with Crippen molar-refractivity contribution in [1.29, 1.82) is 0 Å². The molecule has 0 spiro atoms. The summed E-state index contributed by atoms with van der Waals surface area (Å²) in [6.45, 7) is 0.569. The second kappa shape index (κ2) is 6.55. The number of para-hydroxylation sites is 1. The van der Waals surface area contributed by atoms with E-state index >= 15 is 0 Å². The number of hydrogen-bond acceptors (Lipinski definition) is 5. The SMILES string of the molecule is COc1ccc(Cn2nc3c(OC)nc4ccccc4c3c2OC)cc1. The normalized spacial score (nSPS) is 11.0. The van der Waals surface area contributed by atoms with Gasteiger partial charge in [-0.1, -0.05) is 30.3 Å². The second-order valence-electron chi connectivity index (χ2n) is 5.88. The Morgan fingerprint density at radius 1 is 0.885 bits per heavy atom. The number of hydrogen-bond donors (Lipinski definition) is 0. The number of benzene rings is 2. The molecule has 0 radical (unpaired) electrons. The fourth-order valence-electron chi connectivity index (χ4n) is 3.14. The molecule has 2 heterocycles. The first-order valence-corrected chi connectivity index (χ1v) is 8.25. The molecule has 0 bridgehead atoms. The zero-order valence-electron chi connectivity index (χ0n) is 14.9. The quantitative estimate of drug-likeness (QED) is 0.550. The molecule has 0 unspecified atom stereocenters. The average molecular weight is 349 g/mol. The summed E-state index contributed by atoms with van der Waals surface area (Å²) in [7, 11) is 4.91. The number of fused-ring (bicyclic) bond motifs is 3. The summed E-state index contributed by atoms with van der Waals surface area (Å²) in [5.41, 5.74) is 2.63. The van der Waals surface area contributed by atoms with Crippen LogP contribution in [0.3, 0.4) is 0 Å². The standard InChI is InChI=1S/C20H19N3O3/c1-24-14-10-8-13(9-11-14)12-23-20(26-3)17-15-6-4-5-7-16(15)21-19(25-2)18(17)22-23/h4-11H,12H2,1-3H3. The number of ether oxygens (including phenoxy) is 3. The van der Waals surface area contributed by atoms with Crippen molar-refractivity contribution in [2.75, 3.05) is 21.3 Å². The highest BCUT2D eigenvalue weighted by Crippen LogP contribution is 2.36. The first kappa shape index (κ1) is 16.2. The summed E-state index contributed by atoms with van der Waals surface area (Å²) < 4.78 is 18.2. The lowest BCUT2D eigenvalue weighted by atomic mass is 10.1. The number of methoxy groups -OCH3 is 3. The Balaban J connectivity index is 1.90. The van der Waals surface area contributed by atoms with Crippen LogP contribution < -0.4 is 14.2 Å². The van der Waals surface area contributed by atoms with Crippen molar-refractivity contribution < 1.29 is 14.2 Å². The summed E-state index contributed by atoms with van der Waals surface area (Å²) in [6, 6.07) is 15.8. The van der Waals surface area contributed by atoms with Gasteiger partial charge in [0.2, 0.25) is 11.8 Å². The molecule has 2 aromatic carbocycles. The van der Waals surface area contributed by atoms with E-state index in [4.69, 9.17) is 19.3 Å². The predicted molar refractivity (Wildman–Crippen MR) is 100 cm³/mol. The molecule has 26 heavy (non-hydrogen) atoms. The lowest BCUT2D eigenvalue weighted by molar-refractivity contribution is 0.371. The number of nitrogens with zero attached hydrogens (tertiary/aromatic N) is 3. The van der Waals surface area contributed by atoms with E-state index in [1.54, 1.807) is 21.3 Å². The molecule has 0 saturated carbocycles. The molecule has 2 aromatic heterocycles. The van der Waals surface area contributed by atoms with Crippen LogP contribution >= 0.6 is 0 Å². The lowest BCUT2D eigenvalue weighted by Gasteiger charge is -2.08. The molecular formula is C20H19N3O3. The summed E-state index contributed by atoms with van der Waals surface area (Å²) in [5.74, 6) is 2.00. The summed E-state index contributed by atoms with van der Waals surface area (Å²) in [5, 5.41) is 6.61. The molecule has 132 valence electrons. The number of pyridine rings is 1. The Kier molecular flexibility index (Phi) is 4.08. The van der Waals surface area contributed by atoms with E-state index in [0.717, 1.165) is 27.6 Å². The average Bonchev–Trinajstić information content (AvgIpc) is 3.06. The van der Waals surface area contributed by atoms with Crippen LogP contribution in [0.1, 0.15) is 5.56 Å². The van der Waals surface area contributed by atoms with E-state index in [0.29, 0.717) is 23.8 Å². The third-order valence-corrected chi connectivity index (χ3v) is 4.38. The van der Waals surface area contributed by atoms with Gasteiger partial charge in [-0.2, -0.15) is 5.10 Å². The van der Waals surface area contributed by atoms with Gasteiger partial charge in [0.1, 0.15) is 5.75 Å². The van der Waals surface area contributed by atoms with Crippen LogP contribution in [-0.2, 0) is 6.54 Å². The third kappa shape index (κ3) is 2.60. The van der Waals surface area contributed by atoms with Crippen LogP contribution in [0.2, 0.25) is 0 Å². The van der Waals surface area contributed by atoms with Crippen molar-refractivity contribution >= 4 is 21.8 Å². The molecule has 0 atom stereocenters. The first-order chi connectivity index (χ1) is 12.7. The van der Waals surface area contributed by atoms with Gasteiger partial charge >= 0.3 is 0 Å². The minimum Gasteiger partial charge on any atom is -0.497 e. The first-order valence-electron chi connectivity index (χ1n) is 8.25. The van der Waals surface area contributed by atoms with Gasteiger partial charge in [0.15, 0.2) is 5.52 Å². The van der Waals surface area contributed by atoms with Crippen molar-refractivity contribution in [3.8, 4) is 17.5 Å². The third-order valence-electron chi connectivity index (χ3n) is 4.38. The Morgan fingerprint density at radius 3 is 2.35 bits per heavy atom. The van der Waals surface area contributed by atoms with Crippen molar-refractivity contribution in [2.24, 2.45) is 0 Å². The van der Waals surface area contributed by atoms with E-state index in [1.165, 1.54) is 0 Å². The molecule has 0 N–H and O–H groups in total. The zero-order valence-corrected chi connectivity index (χ0v) is 14.9. The molecule has 0 aliphatic heterocycles. The highest BCUT2D eigenvalue weighted by atomic mass is 16.5. The molecule has 0 fully saturated rings. The molecular weight excluding hydrogens is 330 g/mol. The summed E-state index contributed by atoms with van der Waals surface area (Å²) in [4.78, 5) is 4.57. The zero-order chi connectivity index (χ0) is 18.1. The summed E-state index contributed by atoms with van der Waals surface area (Å²) >= 11 is 0. The maximum absolute atomic E-state index is 5.72. The van der Waals surface area contributed by atoms with Crippen molar-refractivity contribution in [2.45, 2.75) is 6.54 Å². The van der Waals surface area contributed by atoms with Crippen LogP contribution in [-0.4, -0.2) is 36.1 Å². The topological polar surface area (TPSA) is 58.4 Å². The Hall–Kier alpha value is -3.28. The van der Waals surface area contributed by atoms with Crippen LogP contribution in [0.5, 0.6) is 17.5 Å². The van der Waals surface area contributed by atoms with Gasteiger partial charge in [-0.05, 0) is 23.8 Å². The molecule has 4 aromatic rings. The van der Waals surface area contributed by atoms with Gasteiger partial charge in [0.25, 0.3) is 0 Å². The smallest absolute Gasteiger partial charge is 0.242 e. The fraction of sp³-hybridized carbons (Fsp3) is 0.200. The van der Waals surface area contributed by atoms with Gasteiger partial charge < -0.3 is 14.2 Å². The van der Waals surface area contributed by atoms with E-state index < -0.39 is 0 Å². The van der Waals surface area contributed by atoms with Crippen LogP contribution in [0.25, 0.3) is 21.8 Å². The van der Waals surface area contributed by atoms with Gasteiger partial charge in [-0.15, -0.1) is 0 Å². The van der Waals surface area contributed by atoms with Crippen LogP contribution in [0.15, 0.2) is 48.5 Å². The van der Waals surface area contributed by atoms with E-state index in [1.807, 2.05) is 53.2 Å². The monoisotopic (exact) mass is 349 g/mol. The van der Waals surface area contributed by atoms with Crippen LogP contribution in [0, 0.1) is 0 Å². The Bertz CT molecular complexity index is 1070. The largest absolute Gasteiger partial charge is 0.497 e. The van der Waals surface area contributed by atoms with E-state index in [9.17, 15) is 0 Å². The Labute approximate surface area is 150 Å². The molecule has 0 amide bonds. The van der Waals surface area contributed by atoms with E-state index in [-0.39, 0.29) is 0 Å². The van der Waals surface area contributed by atoms with Gasteiger partial charge in [-0.3, -0.25) is 0 Å². The molecule has 0 aliphatic rings. The molecule has 4 rings (SSSR count). The number of rotatable bonds is 5. The molecule has 6 nitrogen and oxygen atoms in total. The van der Waals surface area contributed by atoms with Crippen molar-refractivity contribution in [3.05, 3.63) is 54.1 Å². The molecule has 6 heteroatoms. The highest BCUT2D eigenvalue weighted by Gasteiger charge is 2.20. The second-order valence-corrected chi connectivity index (χ2v) is 5.88. The maximum Gasteiger partial charge on any atom is 0.242 e. The predicted octanol–water partition coefficient (Wildman–Crippen LogP) is 3.66. The van der Waals surface area contributed by atoms with Gasteiger partial charge in [0, 0.05) is 5.39 Å². The van der Waals surface area contributed by atoms with E-state index in [2.05, 4.69) is 4.98 Å². The van der Waals surface area contributed by atoms with Crippen LogP contribution in [0.4, 0.5) is 0 Å². The minimum atomic E-state index is 0.491. The van der Waals surface area contributed by atoms with Crippen molar-refractivity contribution in [3.63, 3.8) is 0 Å². The van der Waals surface area contributed by atoms with Crippen molar-refractivity contribution in [1.82, 2.24) is 14.8 Å². The lowest BCUT2D eigenvalue weighted by Crippen LogP contribution is -2.04. The maximum atomic E-state index is 5.72. The fourth-order valence-corrected chi connectivity index (χ4v) is 3.14. The number of aromatic nitrogens is 3. The van der Waals surface area contributed by atoms with Gasteiger partial charge in [-0.25, -0.2) is 9.67 Å². The molecule has 0 saturated heterocycles. The molecule has 0 aliphatic carbocycles. The summed E-state index contributed by atoms with van der Waals surface area (Å²) in [6.07, 6.45) is 0.